The Labute approximate surface area is 68.6 Å². The zero-order valence-corrected chi connectivity index (χ0v) is 7.85. The molecule has 0 bridgehead atoms. The van der Waals surface area contributed by atoms with Gasteiger partial charge in [-0.15, -0.1) is 0 Å². The predicted octanol–water partition coefficient (Wildman–Crippen LogP) is 2.53. The molecule has 0 aromatic rings. The van der Waals surface area contributed by atoms with Gasteiger partial charge in [-0.25, -0.2) is 0 Å². The smallest absolute Gasteiger partial charge is 0.307 e. The van der Waals surface area contributed by atoms with Gasteiger partial charge in [0.2, 0.25) is 0 Å². The zero-order chi connectivity index (χ0) is 9.07. The van der Waals surface area contributed by atoms with Crippen LogP contribution in [0.5, 0.6) is 0 Å². The van der Waals surface area contributed by atoms with Crippen molar-refractivity contribution in [3.63, 3.8) is 0 Å². The maximum atomic E-state index is 10.7. The highest BCUT2D eigenvalue weighted by Gasteiger charge is 2.29. The van der Waals surface area contributed by atoms with Gasteiger partial charge in [-0.2, -0.15) is 0 Å². The topological polar surface area (TPSA) is 37.3 Å². The minimum absolute atomic E-state index is 0.109. The molecule has 0 aliphatic rings. The number of carboxylic acids is 1. The normalized spacial score (nSPS) is 14.5. The van der Waals surface area contributed by atoms with Gasteiger partial charge in [0.15, 0.2) is 0 Å². The van der Waals surface area contributed by atoms with Gasteiger partial charge in [0.25, 0.3) is 0 Å². The molecule has 1 atom stereocenters. The lowest BCUT2D eigenvalue weighted by Gasteiger charge is -2.26. The van der Waals surface area contributed by atoms with Gasteiger partial charge in [0.1, 0.15) is 0 Å². The zero-order valence-electron chi connectivity index (χ0n) is 7.85. The third-order valence-corrected chi connectivity index (χ3v) is 1.92. The minimum Gasteiger partial charge on any atom is -0.481 e. The molecule has 0 heterocycles. The molecule has 2 heteroatoms. The van der Waals surface area contributed by atoms with E-state index in [1.807, 2.05) is 27.7 Å². The molecule has 1 unspecified atom stereocenters. The lowest BCUT2D eigenvalue weighted by atomic mass is 9.78. The SMILES string of the molecule is CCCC(C(=O)O)C(C)(C)C. The third-order valence-electron chi connectivity index (χ3n) is 1.92. The van der Waals surface area contributed by atoms with E-state index in [1.165, 1.54) is 0 Å². The van der Waals surface area contributed by atoms with E-state index in [4.69, 9.17) is 5.11 Å². The number of carbonyl (C=O) groups is 1. The summed E-state index contributed by atoms with van der Waals surface area (Å²) in [5, 5.41) is 8.84. The lowest BCUT2D eigenvalue weighted by molar-refractivity contribution is -0.145. The van der Waals surface area contributed by atoms with Crippen LogP contribution in [0.25, 0.3) is 0 Å². The van der Waals surface area contributed by atoms with E-state index >= 15 is 0 Å². The van der Waals surface area contributed by atoms with E-state index in [0.717, 1.165) is 12.8 Å². The van der Waals surface area contributed by atoms with Crippen LogP contribution in [0.4, 0.5) is 0 Å². The van der Waals surface area contributed by atoms with Gasteiger partial charge >= 0.3 is 5.97 Å². The van der Waals surface area contributed by atoms with Crippen LogP contribution >= 0.6 is 0 Å². The maximum absolute atomic E-state index is 10.7. The molecular formula is C9H18O2. The summed E-state index contributed by atoms with van der Waals surface area (Å²) in [6, 6.07) is 0. The Morgan fingerprint density at radius 1 is 1.45 bits per heavy atom. The predicted molar refractivity (Wildman–Crippen MR) is 45.5 cm³/mol. The summed E-state index contributed by atoms with van der Waals surface area (Å²) < 4.78 is 0. The Morgan fingerprint density at radius 3 is 2.00 bits per heavy atom. The number of rotatable bonds is 3. The summed E-state index contributed by atoms with van der Waals surface area (Å²) in [7, 11) is 0. The van der Waals surface area contributed by atoms with Crippen LogP contribution < -0.4 is 0 Å². The number of aliphatic carboxylic acids is 1. The summed E-state index contributed by atoms with van der Waals surface area (Å²) in [5.74, 6) is -0.869. The Morgan fingerprint density at radius 2 is 1.91 bits per heavy atom. The van der Waals surface area contributed by atoms with E-state index in [1.54, 1.807) is 0 Å². The van der Waals surface area contributed by atoms with Crippen LogP contribution in [0, 0.1) is 11.3 Å². The largest absolute Gasteiger partial charge is 0.481 e. The van der Waals surface area contributed by atoms with Crippen LogP contribution in [0.3, 0.4) is 0 Å². The van der Waals surface area contributed by atoms with Crippen molar-refractivity contribution in [1.29, 1.82) is 0 Å². The fourth-order valence-corrected chi connectivity index (χ4v) is 1.22. The van der Waals surface area contributed by atoms with Gasteiger partial charge in [0, 0.05) is 0 Å². The van der Waals surface area contributed by atoms with Gasteiger partial charge in [-0.3, -0.25) is 4.79 Å². The van der Waals surface area contributed by atoms with Crippen molar-refractivity contribution in [3.05, 3.63) is 0 Å². The standard InChI is InChI=1S/C9H18O2/c1-5-6-7(8(10)11)9(2,3)4/h7H,5-6H2,1-4H3,(H,10,11). The Kier molecular flexibility index (Phi) is 3.56. The summed E-state index contributed by atoms with van der Waals surface area (Å²) in [4.78, 5) is 10.7. The first kappa shape index (κ1) is 10.5. The van der Waals surface area contributed by atoms with E-state index in [-0.39, 0.29) is 11.3 Å². The second-order valence-corrected chi connectivity index (χ2v) is 4.05. The molecule has 0 aromatic carbocycles. The average molecular weight is 158 g/mol. The first-order chi connectivity index (χ1) is 4.89. The van der Waals surface area contributed by atoms with Crippen LogP contribution in [-0.2, 0) is 4.79 Å². The highest BCUT2D eigenvalue weighted by atomic mass is 16.4. The molecule has 0 aliphatic carbocycles. The molecule has 0 radical (unpaired) electrons. The molecule has 0 aromatic heterocycles. The van der Waals surface area contributed by atoms with Gasteiger partial charge in [-0.1, -0.05) is 34.1 Å². The van der Waals surface area contributed by atoms with Crippen LogP contribution in [0.2, 0.25) is 0 Å². The molecule has 0 saturated heterocycles. The van der Waals surface area contributed by atoms with Crippen molar-refractivity contribution >= 4 is 5.97 Å². The summed E-state index contributed by atoms with van der Waals surface area (Å²) >= 11 is 0. The van der Waals surface area contributed by atoms with Gasteiger partial charge in [-0.05, 0) is 11.8 Å². The average Bonchev–Trinajstić information content (AvgIpc) is 1.79. The molecule has 0 saturated carbocycles. The highest BCUT2D eigenvalue weighted by Crippen LogP contribution is 2.29. The molecule has 2 nitrogen and oxygen atoms in total. The summed E-state index contributed by atoms with van der Waals surface area (Å²) in [5.41, 5.74) is -0.109. The second-order valence-electron chi connectivity index (χ2n) is 4.05. The number of hydrogen-bond donors (Lipinski definition) is 1. The monoisotopic (exact) mass is 158 g/mol. The van der Waals surface area contributed by atoms with Crippen molar-refractivity contribution in [3.8, 4) is 0 Å². The van der Waals surface area contributed by atoms with Crippen LogP contribution in [0.1, 0.15) is 40.5 Å². The highest BCUT2D eigenvalue weighted by molar-refractivity contribution is 5.70. The Hall–Kier alpha value is -0.530. The molecule has 0 fully saturated rings. The van der Waals surface area contributed by atoms with E-state index in [9.17, 15) is 4.79 Å². The molecular weight excluding hydrogens is 140 g/mol. The summed E-state index contributed by atoms with van der Waals surface area (Å²) in [6.07, 6.45) is 1.72. The van der Waals surface area contributed by atoms with Crippen molar-refractivity contribution < 1.29 is 9.90 Å². The van der Waals surface area contributed by atoms with Crippen molar-refractivity contribution in [1.82, 2.24) is 0 Å². The van der Waals surface area contributed by atoms with Crippen LogP contribution in [-0.4, -0.2) is 11.1 Å². The number of carboxylic acid groups (broad SMARTS) is 1. The molecule has 1 N–H and O–H groups in total. The molecule has 66 valence electrons. The number of hydrogen-bond acceptors (Lipinski definition) is 1. The fourth-order valence-electron chi connectivity index (χ4n) is 1.22. The van der Waals surface area contributed by atoms with Crippen LogP contribution in [0.15, 0.2) is 0 Å². The van der Waals surface area contributed by atoms with E-state index in [2.05, 4.69) is 0 Å². The minimum atomic E-state index is -0.667. The van der Waals surface area contributed by atoms with E-state index in [0.29, 0.717) is 0 Å². The molecule has 0 aliphatic heterocycles. The van der Waals surface area contributed by atoms with Gasteiger partial charge < -0.3 is 5.11 Å². The third kappa shape index (κ3) is 3.40. The van der Waals surface area contributed by atoms with Crippen molar-refractivity contribution in [2.24, 2.45) is 11.3 Å². The fraction of sp³-hybridized carbons (Fsp3) is 0.889. The second kappa shape index (κ2) is 3.74. The van der Waals surface area contributed by atoms with Crippen molar-refractivity contribution in [2.45, 2.75) is 40.5 Å². The first-order valence-corrected chi connectivity index (χ1v) is 4.12. The Bertz CT molecular complexity index is 133. The maximum Gasteiger partial charge on any atom is 0.307 e. The molecule has 11 heavy (non-hydrogen) atoms. The Balaban J connectivity index is 4.22. The van der Waals surface area contributed by atoms with Gasteiger partial charge in [0.05, 0.1) is 5.92 Å². The molecule has 0 spiro atoms. The quantitative estimate of drug-likeness (QED) is 0.685. The molecule has 0 rings (SSSR count). The molecule has 0 amide bonds. The first-order valence-electron chi connectivity index (χ1n) is 4.12. The van der Waals surface area contributed by atoms with Crippen molar-refractivity contribution in [2.75, 3.05) is 0 Å². The van der Waals surface area contributed by atoms with E-state index < -0.39 is 5.97 Å². The lowest BCUT2D eigenvalue weighted by Crippen LogP contribution is -2.28. The summed E-state index contributed by atoms with van der Waals surface area (Å²) in [6.45, 7) is 7.94.